The topological polar surface area (TPSA) is 125 Å². The largest absolute Gasteiger partial charge is 0.462 e. The number of carbonyl (C=O) groups is 3. The van der Waals surface area contributed by atoms with E-state index in [9.17, 15) is 31.6 Å². The number of sulfonamides is 1. The summed E-state index contributed by atoms with van der Waals surface area (Å²) in [6.07, 6.45) is -0.276. The fraction of sp³-hybridized carbons (Fsp3) is 0.526. The zero-order valence-electron chi connectivity index (χ0n) is 17.4. The van der Waals surface area contributed by atoms with Gasteiger partial charge in [-0.3, -0.25) is 14.4 Å². The summed E-state index contributed by atoms with van der Waals surface area (Å²) in [5.74, 6) is -2.40. The van der Waals surface area contributed by atoms with Crippen molar-refractivity contribution in [3.8, 4) is 5.75 Å². The van der Waals surface area contributed by atoms with Gasteiger partial charge < -0.3 is 14.2 Å². The van der Waals surface area contributed by atoms with Crippen molar-refractivity contribution in [3.05, 3.63) is 24.3 Å². The summed E-state index contributed by atoms with van der Waals surface area (Å²) >= 11 is 0. The van der Waals surface area contributed by atoms with Gasteiger partial charge in [0, 0.05) is 6.42 Å². The molecular weight excluding hydrogens is 440 g/mol. The van der Waals surface area contributed by atoms with Gasteiger partial charge in [0.1, 0.15) is 19.0 Å². The van der Waals surface area contributed by atoms with E-state index in [4.69, 9.17) is 9.47 Å². The minimum atomic E-state index is -4.25. The van der Waals surface area contributed by atoms with E-state index in [1.165, 1.54) is 0 Å². The molecule has 1 aromatic rings. The molecule has 174 valence electrons. The van der Waals surface area contributed by atoms with Crippen molar-refractivity contribution in [3.63, 3.8) is 0 Å². The van der Waals surface area contributed by atoms with Crippen molar-refractivity contribution in [1.82, 2.24) is 4.72 Å². The van der Waals surface area contributed by atoms with Crippen LogP contribution in [-0.4, -0.2) is 46.1 Å². The van der Waals surface area contributed by atoms with Crippen molar-refractivity contribution >= 4 is 27.9 Å². The summed E-state index contributed by atoms with van der Waals surface area (Å²) in [4.78, 5) is 34.9. The van der Waals surface area contributed by atoms with Crippen molar-refractivity contribution in [2.75, 3.05) is 13.2 Å². The number of hydrogen-bond acceptors (Lipinski definition) is 8. The summed E-state index contributed by atoms with van der Waals surface area (Å²) in [5, 5.41) is 0. The molecule has 0 aromatic heterocycles. The van der Waals surface area contributed by atoms with Crippen molar-refractivity contribution in [2.24, 2.45) is 5.41 Å². The Morgan fingerprint density at radius 3 is 2.16 bits per heavy atom. The maximum Gasteiger partial charge on any atom is 0.387 e. The fourth-order valence-corrected chi connectivity index (χ4v) is 2.99. The molecule has 9 nitrogen and oxygen atoms in total. The molecule has 0 saturated heterocycles. The van der Waals surface area contributed by atoms with Crippen LogP contribution in [0.25, 0.3) is 0 Å². The Morgan fingerprint density at radius 1 is 1.03 bits per heavy atom. The fourth-order valence-electron chi connectivity index (χ4n) is 1.98. The SMILES string of the molecule is CCC(C)(C)C(=O)OCCOC(=O)CCC(=O)NS(=O)(=O)c1ccc(OC(F)F)cc1. The molecule has 0 spiro atoms. The molecule has 1 rings (SSSR count). The first-order valence-corrected chi connectivity index (χ1v) is 10.8. The molecular formula is C19H25F2NO8S. The van der Waals surface area contributed by atoms with Crippen LogP contribution in [0.2, 0.25) is 0 Å². The van der Waals surface area contributed by atoms with Crippen LogP contribution < -0.4 is 9.46 Å². The average molecular weight is 465 g/mol. The van der Waals surface area contributed by atoms with E-state index in [1.807, 2.05) is 6.92 Å². The normalized spacial score (nSPS) is 11.7. The molecule has 0 radical (unpaired) electrons. The van der Waals surface area contributed by atoms with E-state index in [2.05, 4.69) is 4.74 Å². The maximum absolute atomic E-state index is 12.1. The predicted octanol–water partition coefficient (Wildman–Crippen LogP) is 2.40. The number of alkyl halides is 2. The monoisotopic (exact) mass is 465 g/mol. The minimum Gasteiger partial charge on any atom is -0.462 e. The molecule has 0 unspecified atom stereocenters. The van der Waals surface area contributed by atoms with Crippen LogP contribution in [0.3, 0.4) is 0 Å². The Hall–Kier alpha value is -2.76. The molecule has 0 bridgehead atoms. The van der Waals surface area contributed by atoms with Gasteiger partial charge in [0.05, 0.1) is 16.7 Å². The minimum absolute atomic E-state index is 0.139. The van der Waals surface area contributed by atoms with Crippen LogP contribution in [0, 0.1) is 5.41 Å². The van der Waals surface area contributed by atoms with Crippen LogP contribution in [0.1, 0.15) is 40.0 Å². The van der Waals surface area contributed by atoms with Gasteiger partial charge in [0.25, 0.3) is 10.0 Å². The molecule has 0 aliphatic heterocycles. The summed E-state index contributed by atoms with van der Waals surface area (Å²) in [6, 6.07) is 4.00. The number of carbonyl (C=O) groups excluding carboxylic acids is 3. The lowest BCUT2D eigenvalue weighted by Gasteiger charge is -2.20. The van der Waals surface area contributed by atoms with E-state index in [0.717, 1.165) is 24.3 Å². The molecule has 1 N–H and O–H groups in total. The zero-order valence-corrected chi connectivity index (χ0v) is 18.2. The van der Waals surface area contributed by atoms with Gasteiger partial charge in [-0.25, -0.2) is 13.1 Å². The quantitative estimate of drug-likeness (QED) is 0.369. The summed E-state index contributed by atoms with van der Waals surface area (Å²) in [5.41, 5.74) is -0.649. The van der Waals surface area contributed by atoms with Gasteiger partial charge in [-0.2, -0.15) is 8.78 Å². The molecule has 0 fully saturated rings. The molecule has 12 heteroatoms. The first kappa shape index (κ1) is 26.3. The predicted molar refractivity (Wildman–Crippen MR) is 104 cm³/mol. The van der Waals surface area contributed by atoms with Gasteiger partial charge in [-0.05, 0) is 44.5 Å². The molecule has 1 amide bonds. The first-order valence-electron chi connectivity index (χ1n) is 9.30. The Kier molecular flexibility index (Phi) is 9.82. The lowest BCUT2D eigenvalue weighted by atomic mass is 9.91. The summed E-state index contributed by atoms with van der Waals surface area (Å²) in [6.45, 7) is 1.89. The standard InChI is InChI=1S/C19H25F2NO8S/c1-4-19(2,3)17(25)29-12-11-28-16(24)10-9-15(23)22-31(26,27)14-7-5-13(6-8-14)30-18(20)21/h5-8,18H,4,9-12H2,1-3H3,(H,22,23). The van der Waals surface area contributed by atoms with Crippen LogP contribution in [0.4, 0.5) is 8.78 Å². The Balaban J connectivity index is 2.40. The number of halogens is 2. The van der Waals surface area contributed by atoms with E-state index in [-0.39, 0.29) is 23.9 Å². The highest BCUT2D eigenvalue weighted by Crippen LogP contribution is 2.21. The Labute approximate surface area is 179 Å². The van der Waals surface area contributed by atoms with Crippen LogP contribution in [0.5, 0.6) is 5.75 Å². The number of hydrogen-bond donors (Lipinski definition) is 1. The third-order valence-electron chi connectivity index (χ3n) is 4.18. The second-order valence-electron chi connectivity index (χ2n) is 6.97. The van der Waals surface area contributed by atoms with E-state index >= 15 is 0 Å². The highest BCUT2D eigenvalue weighted by molar-refractivity contribution is 7.90. The second-order valence-corrected chi connectivity index (χ2v) is 8.65. The first-order chi connectivity index (χ1) is 14.4. The molecule has 31 heavy (non-hydrogen) atoms. The van der Waals surface area contributed by atoms with Crippen LogP contribution in [-0.2, 0) is 33.9 Å². The summed E-state index contributed by atoms with van der Waals surface area (Å²) in [7, 11) is -4.25. The van der Waals surface area contributed by atoms with Crippen LogP contribution >= 0.6 is 0 Å². The average Bonchev–Trinajstić information content (AvgIpc) is 2.69. The maximum atomic E-state index is 12.1. The van der Waals surface area contributed by atoms with E-state index < -0.39 is 52.7 Å². The van der Waals surface area contributed by atoms with Crippen molar-refractivity contribution in [1.29, 1.82) is 0 Å². The second kappa shape index (κ2) is 11.6. The number of amides is 1. The lowest BCUT2D eigenvalue weighted by Crippen LogP contribution is -2.31. The molecule has 1 aromatic carbocycles. The van der Waals surface area contributed by atoms with Gasteiger partial charge in [-0.1, -0.05) is 6.92 Å². The van der Waals surface area contributed by atoms with Gasteiger partial charge in [0.2, 0.25) is 5.91 Å². The number of rotatable bonds is 12. The lowest BCUT2D eigenvalue weighted by molar-refractivity contribution is -0.159. The molecule has 0 aliphatic carbocycles. The molecule has 0 aliphatic rings. The van der Waals surface area contributed by atoms with Gasteiger partial charge in [-0.15, -0.1) is 0 Å². The Morgan fingerprint density at radius 2 is 1.61 bits per heavy atom. The molecule has 0 atom stereocenters. The third kappa shape index (κ3) is 9.28. The third-order valence-corrected chi connectivity index (χ3v) is 5.57. The number of esters is 2. The highest BCUT2D eigenvalue weighted by atomic mass is 32.2. The van der Waals surface area contributed by atoms with Crippen LogP contribution in [0.15, 0.2) is 29.2 Å². The van der Waals surface area contributed by atoms with Gasteiger partial charge in [0.15, 0.2) is 0 Å². The van der Waals surface area contributed by atoms with E-state index in [1.54, 1.807) is 18.6 Å². The number of ether oxygens (including phenoxy) is 3. The summed E-state index contributed by atoms with van der Waals surface area (Å²) < 4.78 is 64.2. The van der Waals surface area contributed by atoms with E-state index in [0.29, 0.717) is 6.42 Å². The molecule has 0 heterocycles. The van der Waals surface area contributed by atoms with Crippen molar-refractivity contribution < 1.29 is 45.8 Å². The molecule has 0 saturated carbocycles. The Bertz CT molecular complexity index is 869. The number of benzene rings is 1. The van der Waals surface area contributed by atoms with Gasteiger partial charge >= 0.3 is 18.6 Å². The smallest absolute Gasteiger partial charge is 0.387 e. The number of nitrogens with one attached hydrogen (secondary N) is 1. The zero-order chi connectivity index (χ0) is 23.7. The van der Waals surface area contributed by atoms with Crippen molar-refractivity contribution in [2.45, 2.75) is 51.5 Å². The highest BCUT2D eigenvalue weighted by Gasteiger charge is 2.27.